The van der Waals surface area contributed by atoms with Crippen LogP contribution in [-0.4, -0.2) is 4.90 Å². The minimum absolute atomic E-state index is 0.493. The molecular formula is C56H65N. The van der Waals surface area contributed by atoms with Gasteiger partial charge in [-0.2, -0.15) is 0 Å². The van der Waals surface area contributed by atoms with Crippen LogP contribution in [0.1, 0.15) is 157 Å². The Morgan fingerprint density at radius 2 is 1.63 bits per heavy atom. The minimum Gasteiger partial charge on any atom is -0.341 e. The molecule has 0 saturated heterocycles. The summed E-state index contributed by atoms with van der Waals surface area (Å²) in [6.45, 7) is 3.63. The van der Waals surface area contributed by atoms with Gasteiger partial charge in [0.25, 0.3) is 0 Å². The van der Waals surface area contributed by atoms with Crippen molar-refractivity contribution in [3.63, 3.8) is 0 Å². The van der Waals surface area contributed by atoms with Crippen molar-refractivity contribution in [3.8, 4) is 0 Å². The molecule has 0 radical (unpaired) electrons. The Morgan fingerprint density at radius 3 is 2.51 bits per heavy atom. The first-order valence-corrected chi connectivity index (χ1v) is 23.4. The highest BCUT2D eigenvalue weighted by Gasteiger charge is 2.38. The van der Waals surface area contributed by atoms with E-state index in [1.54, 1.807) is 44.7 Å². The molecule has 8 aliphatic rings. The van der Waals surface area contributed by atoms with Gasteiger partial charge in [-0.25, -0.2) is 0 Å². The molecule has 0 bridgehead atoms. The van der Waals surface area contributed by atoms with E-state index in [1.165, 1.54) is 132 Å². The third kappa shape index (κ3) is 7.54. The average Bonchev–Trinajstić information content (AvgIpc) is 3.32. The van der Waals surface area contributed by atoms with Gasteiger partial charge < -0.3 is 4.90 Å². The van der Waals surface area contributed by atoms with Crippen LogP contribution in [0.2, 0.25) is 0 Å². The van der Waals surface area contributed by atoms with Gasteiger partial charge in [-0.15, -0.1) is 0 Å². The summed E-state index contributed by atoms with van der Waals surface area (Å²) >= 11 is 0. The fraction of sp³-hybridized carbons (Fsp3) is 0.464. The number of fused-ring (bicyclic) bond motifs is 3. The van der Waals surface area contributed by atoms with Crippen LogP contribution in [-0.2, 0) is 6.54 Å². The molecule has 5 atom stereocenters. The largest absolute Gasteiger partial charge is 0.341 e. The fourth-order valence-corrected chi connectivity index (χ4v) is 12.5. The number of hydrogen-bond donors (Lipinski definition) is 0. The van der Waals surface area contributed by atoms with Crippen molar-refractivity contribution in [1.29, 1.82) is 0 Å². The average molecular weight is 752 g/mol. The second-order valence-corrected chi connectivity index (χ2v) is 18.9. The molecule has 294 valence electrons. The molecule has 2 aromatic rings. The van der Waals surface area contributed by atoms with Gasteiger partial charge in [0.15, 0.2) is 0 Å². The summed E-state index contributed by atoms with van der Waals surface area (Å²) in [5.74, 6) is 3.43. The molecule has 0 N–H and O–H groups in total. The summed E-state index contributed by atoms with van der Waals surface area (Å²) < 4.78 is 0. The van der Waals surface area contributed by atoms with E-state index in [4.69, 9.17) is 0 Å². The molecule has 7 aliphatic carbocycles. The van der Waals surface area contributed by atoms with E-state index in [2.05, 4.69) is 115 Å². The Kier molecular flexibility index (Phi) is 10.9. The Bertz CT molecular complexity index is 2140. The smallest absolute Gasteiger partial charge is 0.0484 e. The molecular weight excluding hydrogens is 687 g/mol. The Hall–Kier alpha value is -4.10. The van der Waals surface area contributed by atoms with Gasteiger partial charge in [0.05, 0.1) is 0 Å². The number of benzene rings is 2. The van der Waals surface area contributed by atoms with Crippen LogP contribution in [0, 0.1) is 23.7 Å². The summed E-state index contributed by atoms with van der Waals surface area (Å²) in [6, 6.07) is 19.0. The lowest BCUT2D eigenvalue weighted by atomic mass is 9.68. The van der Waals surface area contributed by atoms with Crippen LogP contribution >= 0.6 is 0 Å². The molecule has 0 amide bonds. The monoisotopic (exact) mass is 752 g/mol. The minimum atomic E-state index is 0.493. The molecule has 0 saturated carbocycles. The van der Waals surface area contributed by atoms with E-state index < -0.39 is 0 Å². The van der Waals surface area contributed by atoms with Gasteiger partial charge in [0.1, 0.15) is 0 Å². The lowest BCUT2D eigenvalue weighted by Crippen LogP contribution is -2.29. The van der Waals surface area contributed by atoms with Gasteiger partial charge in [-0.05, 0) is 202 Å². The highest BCUT2D eigenvalue weighted by Crippen LogP contribution is 2.52. The molecule has 0 fully saturated rings. The van der Waals surface area contributed by atoms with Gasteiger partial charge in [0, 0.05) is 23.9 Å². The van der Waals surface area contributed by atoms with Crippen molar-refractivity contribution in [2.45, 2.75) is 141 Å². The Morgan fingerprint density at radius 1 is 0.702 bits per heavy atom. The van der Waals surface area contributed by atoms with Crippen LogP contribution in [0.25, 0.3) is 11.1 Å². The molecule has 1 aliphatic heterocycles. The maximum absolute atomic E-state index is 2.78. The molecule has 1 heterocycles. The van der Waals surface area contributed by atoms with Crippen molar-refractivity contribution in [2.75, 3.05) is 0 Å². The van der Waals surface area contributed by atoms with Crippen LogP contribution < -0.4 is 0 Å². The van der Waals surface area contributed by atoms with Crippen molar-refractivity contribution < 1.29 is 0 Å². The summed E-state index contributed by atoms with van der Waals surface area (Å²) in [6.07, 6.45) is 46.5. The maximum Gasteiger partial charge on any atom is 0.0484 e. The number of hydrogen-bond acceptors (Lipinski definition) is 1. The molecule has 0 spiro atoms. The van der Waals surface area contributed by atoms with Crippen LogP contribution in [0.15, 0.2) is 142 Å². The third-order valence-electron chi connectivity index (χ3n) is 15.6. The molecule has 1 nitrogen and oxygen atoms in total. The summed E-state index contributed by atoms with van der Waals surface area (Å²) in [5.41, 5.74) is 20.9. The van der Waals surface area contributed by atoms with Crippen molar-refractivity contribution in [2.24, 2.45) is 23.7 Å². The zero-order chi connectivity index (χ0) is 38.1. The topological polar surface area (TPSA) is 3.24 Å². The maximum atomic E-state index is 2.78. The highest BCUT2D eigenvalue weighted by atomic mass is 15.2. The van der Waals surface area contributed by atoms with E-state index in [1.807, 2.05) is 5.57 Å². The summed E-state index contributed by atoms with van der Waals surface area (Å²) in [4.78, 5) is 2.78. The number of nitrogens with zero attached hydrogens (tertiary/aromatic N) is 1. The highest BCUT2D eigenvalue weighted by molar-refractivity contribution is 5.75. The second kappa shape index (κ2) is 16.6. The van der Waals surface area contributed by atoms with Crippen LogP contribution in [0.5, 0.6) is 0 Å². The molecule has 1 heteroatoms. The lowest BCUT2D eigenvalue weighted by Gasteiger charge is -2.39. The number of rotatable bonds is 5. The molecule has 10 rings (SSSR count). The van der Waals surface area contributed by atoms with Gasteiger partial charge in [-0.1, -0.05) is 115 Å². The van der Waals surface area contributed by atoms with Crippen molar-refractivity contribution in [1.82, 2.24) is 4.90 Å². The van der Waals surface area contributed by atoms with Gasteiger partial charge >= 0.3 is 0 Å². The lowest BCUT2D eigenvalue weighted by molar-refractivity contribution is 0.239. The Labute approximate surface area is 344 Å². The van der Waals surface area contributed by atoms with Gasteiger partial charge in [0.2, 0.25) is 0 Å². The molecule has 2 aromatic carbocycles. The first-order valence-electron chi connectivity index (χ1n) is 23.4. The zero-order valence-electron chi connectivity index (χ0n) is 34.8. The first-order chi connectivity index (χ1) is 28.2. The SMILES string of the molecule is C[C@@H]1C2=C(CCC(c3ccc4c(c3)C3=C(CCCC3)N(C3=C/CCC/C(c5ccccc5)=C/C(C5C=CCCC5)=C\3)C4)C2)C2=C(CCC=C2)CC1C1CC=CCC1. The predicted molar refractivity (Wildman–Crippen MR) is 241 cm³/mol. The normalized spacial score (nSPS) is 31.9. The summed E-state index contributed by atoms with van der Waals surface area (Å²) in [5, 5.41) is 0. The Balaban J connectivity index is 0.977. The second-order valence-electron chi connectivity index (χ2n) is 18.9. The molecule has 4 unspecified atom stereocenters. The third-order valence-corrected chi connectivity index (χ3v) is 15.6. The number of allylic oxidation sites excluding steroid dienone is 17. The van der Waals surface area contributed by atoms with Crippen LogP contribution in [0.3, 0.4) is 0 Å². The predicted octanol–water partition coefficient (Wildman–Crippen LogP) is 15.4. The van der Waals surface area contributed by atoms with Gasteiger partial charge in [-0.3, -0.25) is 0 Å². The summed E-state index contributed by atoms with van der Waals surface area (Å²) in [7, 11) is 0. The van der Waals surface area contributed by atoms with E-state index in [0.717, 1.165) is 31.2 Å². The molecule has 0 aromatic heterocycles. The van der Waals surface area contributed by atoms with Crippen LogP contribution in [0.4, 0.5) is 0 Å². The van der Waals surface area contributed by atoms with E-state index >= 15 is 0 Å². The van der Waals surface area contributed by atoms with E-state index in [-0.39, 0.29) is 0 Å². The standard InChI is InChI=1S/C56H65N/c1-39-53(42-21-9-4-10-22-42)37-46-24-12-14-26-50(46)51-32-31-45(35-54(39)51)44-29-30-47-38-57(56-28-16-15-27-52(56)55(47)36-44)49-25-13-11-23-43(40-17-5-2-6-18-40)33-48(34-49)41-19-7-3-8-20-41/h2,4-7,9,14,17-19,25-26,29-30,33-34,36,39,41-42,45,53H,3,8,10-13,15-16,20-24,27-28,31-32,35,37-38H2,1H3/b43-33-,48-34+,49-25+/t39-,41?,42?,45?,53?/m0/s1. The van der Waals surface area contributed by atoms with Crippen molar-refractivity contribution >= 4 is 11.1 Å². The molecule has 57 heavy (non-hydrogen) atoms. The zero-order valence-corrected chi connectivity index (χ0v) is 34.8. The van der Waals surface area contributed by atoms with Crippen molar-refractivity contribution in [3.05, 3.63) is 165 Å². The van der Waals surface area contributed by atoms with E-state index in [0.29, 0.717) is 17.8 Å². The first kappa shape index (κ1) is 37.2. The van der Waals surface area contributed by atoms with E-state index in [9.17, 15) is 0 Å². The quantitative estimate of drug-likeness (QED) is 0.275. The fourth-order valence-electron chi connectivity index (χ4n) is 12.5.